The molecule has 0 aromatic rings. The lowest BCUT2D eigenvalue weighted by Crippen LogP contribution is -2.35. The van der Waals surface area contributed by atoms with Crippen LogP contribution in [0.2, 0.25) is 0 Å². The van der Waals surface area contributed by atoms with Gasteiger partial charge in [0.25, 0.3) is 0 Å². The van der Waals surface area contributed by atoms with Crippen LogP contribution in [0, 0.1) is 16.7 Å². The number of nitriles is 1. The van der Waals surface area contributed by atoms with Gasteiger partial charge in [0.15, 0.2) is 6.29 Å². The first-order valence-corrected chi connectivity index (χ1v) is 5.39. The molecule has 0 aromatic carbocycles. The lowest BCUT2D eigenvalue weighted by molar-refractivity contribution is -0.139. The first-order valence-electron chi connectivity index (χ1n) is 5.39. The second kappa shape index (κ2) is 5.33. The van der Waals surface area contributed by atoms with Crippen molar-refractivity contribution in [3.05, 3.63) is 0 Å². The average molecular weight is 197 g/mol. The predicted octanol–water partition coefficient (Wildman–Crippen LogP) is 2.47. The van der Waals surface area contributed by atoms with Crippen molar-refractivity contribution in [2.24, 2.45) is 5.41 Å². The Morgan fingerprint density at radius 2 is 1.86 bits per heavy atom. The maximum absolute atomic E-state index is 8.63. The number of hydrogen-bond donors (Lipinski definition) is 0. The van der Waals surface area contributed by atoms with Crippen molar-refractivity contribution >= 4 is 0 Å². The molecule has 0 radical (unpaired) electrons. The fourth-order valence-electron chi connectivity index (χ4n) is 2.07. The van der Waals surface area contributed by atoms with Crippen LogP contribution in [-0.2, 0) is 9.47 Å². The molecule has 1 aliphatic heterocycles. The van der Waals surface area contributed by atoms with Gasteiger partial charge in [-0.05, 0) is 19.3 Å². The molecule has 0 bridgehead atoms. The van der Waals surface area contributed by atoms with E-state index in [4.69, 9.17) is 14.7 Å². The second-order valence-corrected chi connectivity index (χ2v) is 3.80. The standard InChI is InChI=1S/C11H19NO2/c1-3-11(4-2,6-5-7-12)10-13-8-9-14-10/h10H,3-6,8-9H2,1-2H3. The Morgan fingerprint density at radius 3 is 2.29 bits per heavy atom. The summed E-state index contributed by atoms with van der Waals surface area (Å²) in [5, 5.41) is 8.63. The number of hydrogen-bond acceptors (Lipinski definition) is 3. The van der Waals surface area contributed by atoms with Crippen molar-refractivity contribution in [1.82, 2.24) is 0 Å². The smallest absolute Gasteiger partial charge is 0.163 e. The molecule has 0 aliphatic carbocycles. The molecule has 0 spiro atoms. The Labute approximate surface area is 86.0 Å². The SMILES string of the molecule is CCC(CC)(CCC#N)C1OCCO1. The van der Waals surface area contributed by atoms with Gasteiger partial charge in [-0.15, -0.1) is 0 Å². The Bertz CT molecular complexity index is 200. The van der Waals surface area contributed by atoms with E-state index in [1.165, 1.54) is 0 Å². The monoisotopic (exact) mass is 197 g/mol. The minimum Gasteiger partial charge on any atom is -0.350 e. The van der Waals surface area contributed by atoms with Gasteiger partial charge in [0.1, 0.15) is 0 Å². The Kier molecular flexibility index (Phi) is 4.37. The molecule has 0 saturated carbocycles. The van der Waals surface area contributed by atoms with E-state index in [2.05, 4.69) is 19.9 Å². The van der Waals surface area contributed by atoms with Crippen LogP contribution < -0.4 is 0 Å². The molecule has 1 heterocycles. The summed E-state index contributed by atoms with van der Waals surface area (Å²) in [5.41, 5.74) is 0.0478. The zero-order chi connectivity index (χ0) is 10.4. The fraction of sp³-hybridized carbons (Fsp3) is 0.909. The maximum Gasteiger partial charge on any atom is 0.163 e. The van der Waals surface area contributed by atoms with Gasteiger partial charge in [-0.2, -0.15) is 5.26 Å². The quantitative estimate of drug-likeness (QED) is 0.680. The van der Waals surface area contributed by atoms with Crippen LogP contribution in [0.3, 0.4) is 0 Å². The summed E-state index contributed by atoms with van der Waals surface area (Å²) in [6.45, 7) is 5.68. The van der Waals surface area contributed by atoms with Gasteiger partial charge in [0.2, 0.25) is 0 Å². The second-order valence-electron chi connectivity index (χ2n) is 3.80. The van der Waals surface area contributed by atoms with E-state index in [1.807, 2.05) is 0 Å². The highest BCUT2D eigenvalue weighted by atomic mass is 16.7. The van der Waals surface area contributed by atoms with E-state index in [1.54, 1.807) is 0 Å². The van der Waals surface area contributed by atoms with E-state index in [-0.39, 0.29) is 11.7 Å². The van der Waals surface area contributed by atoms with Crippen molar-refractivity contribution in [3.63, 3.8) is 0 Å². The highest BCUT2D eigenvalue weighted by Crippen LogP contribution is 2.39. The van der Waals surface area contributed by atoms with Gasteiger partial charge < -0.3 is 9.47 Å². The van der Waals surface area contributed by atoms with Gasteiger partial charge in [0, 0.05) is 11.8 Å². The van der Waals surface area contributed by atoms with E-state index in [0.29, 0.717) is 19.6 Å². The molecule has 0 N–H and O–H groups in total. The van der Waals surface area contributed by atoms with Crippen LogP contribution in [0.15, 0.2) is 0 Å². The van der Waals surface area contributed by atoms with Gasteiger partial charge in [-0.25, -0.2) is 0 Å². The average Bonchev–Trinajstić information content (AvgIpc) is 2.74. The minimum absolute atomic E-state index is 0.0478. The molecule has 1 rings (SSSR count). The summed E-state index contributed by atoms with van der Waals surface area (Å²) in [4.78, 5) is 0. The Balaban J connectivity index is 2.63. The van der Waals surface area contributed by atoms with Crippen molar-refractivity contribution < 1.29 is 9.47 Å². The van der Waals surface area contributed by atoms with Crippen molar-refractivity contribution in [2.45, 2.75) is 45.8 Å². The minimum atomic E-state index is -0.0918. The van der Waals surface area contributed by atoms with Crippen LogP contribution >= 0.6 is 0 Å². The molecule has 3 heteroatoms. The molecule has 1 fully saturated rings. The first kappa shape index (κ1) is 11.5. The first-order chi connectivity index (χ1) is 6.79. The highest BCUT2D eigenvalue weighted by Gasteiger charge is 2.39. The van der Waals surface area contributed by atoms with Crippen LogP contribution in [0.5, 0.6) is 0 Å². The molecule has 0 atom stereocenters. The summed E-state index contributed by atoms with van der Waals surface area (Å²) >= 11 is 0. The van der Waals surface area contributed by atoms with Crippen molar-refractivity contribution in [1.29, 1.82) is 5.26 Å². The van der Waals surface area contributed by atoms with Crippen LogP contribution in [0.1, 0.15) is 39.5 Å². The third-order valence-electron chi connectivity index (χ3n) is 3.26. The Morgan fingerprint density at radius 1 is 1.29 bits per heavy atom. The molecule has 0 amide bonds. The van der Waals surface area contributed by atoms with E-state index >= 15 is 0 Å². The van der Waals surface area contributed by atoms with E-state index in [9.17, 15) is 0 Å². The summed E-state index contributed by atoms with van der Waals surface area (Å²) < 4.78 is 11.1. The molecule has 0 aromatic heterocycles. The van der Waals surface area contributed by atoms with Gasteiger partial charge in [0.05, 0.1) is 19.3 Å². The number of rotatable bonds is 5. The topological polar surface area (TPSA) is 42.2 Å². The van der Waals surface area contributed by atoms with Gasteiger partial charge in [-0.3, -0.25) is 0 Å². The molecule has 1 saturated heterocycles. The third-order valence-corrected chi connectivity index (χ3v) is 3.26. The maximum atomic E-state index is 8.63. The summed E-state index contributed by atoms with van der Waals surface area (Å²) in [6.07, 6.45) is 3.39. The largest absolute Gasteiger partial charge is 0.350 e. The van der Waals surface area contributed by atoms with Gasteiger partial charge >= 0.3 is 0 Å². The predicted molar refractivity (Wildman–Crippen MR) is 53.6 cm³/mol. The zero-order valence-electron chi connectivity index (χ0n) is 9.08. The van der Waals surface area contributed by atoms with Gasteiger partial charge in [-0.1, -0.05) is 13.8 Å². The number of ether oxygens (including phenoxy) is 2. The molecule has 1 aliphatic rings. The van der Waals surface area contributed by atoms with E-state index < -0.39 is 0 Å². The summed E-state index contributed by atoms with van der Waals surface area (Å²) in [6, 6.07) is 2.20. The molecule has 0 unspecified atom stereocenters. The highest BCUT2D eigenvalue weighted by molar-refractivity contribution is 4.86. The fourth-order valence-corrected chi connectivity index (χ4v) is 2.07. The number of nitrogens with zero attached hydrogens (tertiary/aromatic N) is 1. The van der Waals surface area contributed by atoms with Crippen LogP contribution in [0.25, 0.3) is 0 Å². The molecule has 80 valence electrons. The lowest BCUT2D eigenvalue weighted by atomic mass is 9.77. The molecular formula is C11H19NO2. The summed E-state index contributed by atoms with van der Waals surface area (Å²) in [5.74, 6) is 0. The van der Waals surface area contributed by atoms with Crippen LogP contribution in [-0.4, -0.2) is 19.5 Å². The van der Waals surface area contributed by atoms with E-state index in [0.717, 1.165) is 19.3 Å². The zero-order valence-corrected chi connectivity index (χ0v) is 9.08. The molecule has 14 heavy (non-hydrogen) atoms. The van der Waals surface area contributed by atoms with Crippen LogP contribution in [0.4, 0.5) is 0 Å². The van der Waals surface area contributed by atoms with Crippen molar-refractivity contribution in [3.8, 4) is 6.07 Å². The normalized spacial score (nSPS) is 18.4. The third kappa shape index (κ3) is 2.26. The molecule has 3 nitrogen and oxygen atoms in total. The molecular weight excluding hydrogens is 178 g/mol. The van der Waals surface area contributed by atoms with Crippen molar-refractivity contribution in [2.75, 3.05) is 13.2 Å². The lowest BCUT2D eigenvalue weighted by Gasteiger charge is -2.35. The Hall–Kier alpha value is -0.590. The summed E-state index contributed by atoms with van der Waals surface area (Å²) in [7, 11) is 0.